The Morgan fingerprint density at radius 2 is 1.71 bits per heavy atom. The molecule has 1 fully saturated rings. The van der Waals surface area contributed by atoms with Crippen molar-refractivity contribution in [3.63, 3.8) is 0 Å². The summed E-state index contributed by atoms with van der Waals surface area (Å²) in [5.74, 6) is -1.37. The average Bonchev–Trinajstić information content (AvgIpc) is 3.55. The van der Waals surface area contributed by atoms with Crippen molar-refractivity contribution in [3.8, 4) is 0 Å². The first-order valence-electron chi connectivity index (χ1n) is 10.1. The molecule has 1 aliphatic carbocycles. The molecule has 0 atom stereocenters. The number of amides is 2. The zero-order valence-corrected chi connectivity index (χ0v) is 17.8. The van der Waals surface area contributed by atoms with Gasteiger partial charge in [0, 0.05) is 28.2 Å². The highest BCUT2D eigenvalue weighted by Crippen LogP contribution is 2.47. The standard InChI is InChI=1S/C25H22ClFN2O2/c1-16-6-7-17(14-22(16)29-24(31)20-4-2-3-5-21(20)27)23(30)28-15-25(12-13-25)18-8-10-19(26)11-9-18/h2-11,14H,12-13,15H2,1H3,(H,28,30)(H,29,31). The van der Waals surface area contributed by atoms with Crippen LogP contribution in [0.15, 0.2) is 66.7 Å². The number of hydrogen-bond donors (Lipinski definition) is 2. The van der Waals surface area contributed by atoms with Crippen LogP contribution in [-0.2, 0) is 5.41 Å². The second kappa shape index (κ2) is 8.52. The molecule has 3 aromatic rings. The molecule has 4 nitrogen and oxygen atoms in total. The van der Waals surface area contributed by atoms with Crippen LogP contribution in [0.1, 0.15) is 44.7 Å². The third kappa shape index (κ3) is 4.62. The van der Waals surface area contributed by atoms with E-state index in [2.05, 4.69) is 10.6 Å². The minimum atomic E-state index is -0.594. The normalized spacial score (nSPS) is 14.0. The number of benzene rings is 3. The predicted molar refractivity (Wildman–Crippen MR) is 120 cm³/mol. The summed E-state index contributed by atoms with van der Waals surface area (Å²) < 4.78 is 13.9. The monoisotopic (exact) mass is 436 g/mol. The van der Waals surface area contributed by atoms with Gasteiger partial charge >= 0.3 is 0 Å². The van der Waals surface area contributed by atoms with Gasteiger partial charge in [-0.05, 0) is 67.3 Å². The van der Waals surface area contributed by atoms with Crippen molar-refractivity contribution in [1.82, 2.24) is 5.32 Å². The largest absolute Gasteiger partial charge is 0.351 e. The number of rotatable bonds is 6. The van der Waals surface area contributed by atoms with Crippen LogP contribution in [0.2, 0.25) is 5.02 Å². The van der Waals surface area contributed by atoms with E-state index in [0.717, 1.165) is 18.4 Å². The number of anilines is 1. The predicted octanol–water partition coefficient (Wildman–Crippen LogP) is 5.50. The summed E-state index contributed by atoms with van der Waals surface area (Å²) >= 11 is 5.98. The van der Waals surface area contributed by atoms with Crippen LogP contribution in [-0.4, -0.2) is 18.4 Å². The summed E-state index contributed by atoms with van der Waals surface area (Å²) in [5.41, 5.74) is 2.75. The summed E-state index contributed by atoms with van der Waals surface area (Å²) in [6.07, 6.45) is 2.01. The topological polar surface area (TPSA) is 58.2 Å². The van der Waals surface area contributed by atoms with Crippen molar-refractivity contribution in [2.24, 2.45) is 0 Å². The van der Waals surface area contributed by atoms with Crippen LogP contribution >= 0.6 is 11.6 Å². The highest BCUT2D eigenvalue weighted by molar-refractivity contribution is 6.30. The fraction of sp³-hybridized carbons (Fsp3) is 0.200. The van der Waals surface area contributed by atoms with E-state index >= 15 is 0 Å². The Labute approximate surface area is 185 Å². The number of aryl methyl sites for hydroxylation is 1. The number of nitrogens with one attached hydrogen (secondary N) is 2. The Kier molecular flexibility index (Phi) is 5.79. The molecular formula is C25H22ClFN2O2. The van der Waals surface area contributed by atoms with E-state index in [0.29, 0.717) is 22.8 Å². The smallest absolute Gasteiger partial charge is 0.258 e. The third-order valence-corrected chi connectivity index (χ3v) is 6.02. The quantitative estimate of drug-likeness (QED) is 0.536. The van der Waals surface area contributed by atoms with E-state index in [1.165, 1.54) is 23.8 Å². The van der Waals surface area contributed by atoms with Crippen molar-refractivity contribution in [3.05, 3.63) is 99.8 Å². The number of carbonyl (C=O) groups is 2. The molecule has 2 amide bonds. The second-order valence-electron chi connectivity index (χ2n) is 7.93. The Bertz CT molecular complexity index is 1140. The van der Waals surface area contributed by atoms with Crippen molar-refractivity contribution in [2.45, 2.75) is 25.2 Å². The van der Waals surface area contributed by atoms with Gasteiger partial charge in [0.15, 0.2) is 0 Å². The molecule has 31 heavy (non-hydrogen) atoms. The number of carbonyl (C=O) groups excluding carboxylic acids is 2. The van der Waals surface area contributed by atoms with Crippen molar-refractivity contribution in [1.29, 1.82) is 0 Å². The molecule has 0 spiro atoms. The van der Waals surface area contributed by atoms with Gasteiger partial charge < -0.3 is 10.6 Å². The minimum absolute atomic E-state index is 0.0459. The maximum atomic E-state index is 13.9. The van der Waals surface area contributed by atoms with E-state index in [4.69, 9.17) is 11.6 Å². The van der Waals surface area contributed by atoms with E-state index in [1.807, 2.05) is 31.2 Å². The zero-order chi connectivity index (χ0) is 22.0. The molecular weight excluding hydrogens is 415 g/mol. The average molecular weight is 437 g/mol. The lowest BCUT2D eigenvalue weighted by molar-refractivity contribution is 0.0948. The number of halogens is 2. The highest BCUT2D eigenvalue weighted by atomic mass is 35.5. The van der Waals surface area contributed by atoms with Gasteiger partial charge in [-0.2, -0.15) is 0 Å². The first-order valence-corrected chi connectivity index (χ1v) is 10.5. The molecule has 0 bridgehead atoms. The Hall–Kier alpha value is -3.18. The molecule has 0 saturated heterocycles. The van der Waals surface area contributed by atoms with Crippen molar-refractivity contribution >= 4 is 29.1 Å². The van der Waals surface area contributed by atoms with Crippen molar-refractivity contribution < 1.29 is 14.0 Å². The summed E-state index contributed by atoms with van der Waals surface area (Å²) in [5, 5.41) is 6.41. The molecule has 0 aromatic heterocycles. The Morgan fingerprint density at radius 1 is 1.00 bits per heavy atom. The molecule has 1 saturated carbocycles. The van der Waals surface area contributed by atoms with Crippen LogP contribution in [0.3, 0.4) is 0 Å². The summed E-state index contributed by atoms with van der Waals surface area (Å²) in [4.78, 5) is 25.2. The molecule has 4 rings (SSSR count). The van der Waals surface area contributed by atoms with Crippen LogP contribution in [0, 0.1) is 12.7 Å². The van der Waals surface area contributed by atoms with Gasteiger partial charge in [0.25, 0.3) is 11.8 Å². The summed E-state index contributed by atoms with van der Waals surface area (Å²) in [7, 11) is 0. The highest BCUT2D eigenvalue weighted by Gasteiger charge is 2.44. The van der Waals surface area contributed by atoms with Gasteiger partial charge in [-0.3, -0.25) is 9.59 Å². The minimum Gasteiger partial charge on any atom is -0.351 e. The molecule has 6 heteroatoms. The zero-order valence-electron chi connectivity index (χ0n) is 17.0. The van der Waals surface area contributed by atoms with Crippen LogP contribution in [0.5, 0.6) is 0 Å². The lowest BCUT2D eigenvalue weighted by Gasteiger charge is -2.17. The van der Waals surface area contributed by atoms with E-state index < -0.39 is 11.7 Å². The van der Waals surface area contributed by atoms with Gasteiger partial charge in [0.1, 0.15) is 5.82 Å². The first-order chi connectivity index (χ1) is 14.9. The number of hydrogen-bond acceptors (Lipinski definition) is 2. The van der Waals surface area contributed by atoms with Crippen LogP contribution < -0.4 is 10.6 Å². The SMILES string of the molecule is Cc1ccc(C(=O)NCC2(c3ccc(Cl)cc3)CC2)cc1NC(=O)c1ccccc1F. The molecule has 1 aliphatic rings. The molecule has 0 aliphatic heterocycles. The fourth-order valence-corrected chi connectivity index (χ4v) is 3.73. The first kappa shape index (κ1) is 21.1. The van der Waals surface area contributed by atoms with Gasteiger partial charge in [-0.15, -0.1) is 0 Å². The van der Waals surface area contributed by atoms with Gasteiger partial charge in [-0.25, -0.2) is 4.39 Å². The molecule has 158 valence electrons. The van der Waals surface area contributed by atoms with Crippen LogP contribution in [0.25, 0.3) is 0 Å². The van der Waals surface area contributed by atoms with E-state index in [9.17, 15) is 14.0 Å². The van der Waals surface area contributed by atoms with E-state index in [1.54, 1.807) is 24.3 Å². The molecule has 2 N–H and O–H groups in total. The van der Waals surface area contributed by atoms with Crippen molar-refractivity contribution in [2.75, 3.05) is 11.9 Å². The lowest BCUT2D eigenvalue weighted by atomic mass is 9.96. The summed E-state index contributed by atoms with van der Waals surface area (Å²) in [6.45, 7) is 2.34. The Balaban J connectivity index is 1.45. The third-order valence-electron chi connectivity index (χ3n) is 5.76. The molecule has 3 aromatic carbocycles. The second-order valence-corrected chi connectivity index (χ2v) is 8.37. The van der Waals surface area contributed by atoms with E-state index in [-0.39, 0.29) is 16.9 Å². The van der Waals surface area contributed by atoms with Crippen LogP contribution in [0.4, 0.5) is 10.1 Å². The molecule has 0 heterocycles. The van der Waals surface area contributed by atoms with Gasteiger partial charge in [0.05, 0.1) is 5.56 Å². The maximum Gasteiger partial charge on any atom is 0.258 e. The molecule has 0 radical (unpaired) electrons. The fourth-order valence-electron chi connectivity index (χ4n) is 3.61. The van der Waals surface area contributed by atoms with Gasteiger partial charge in [-0.1, -0.05) is 41.9 Å². The lowest BCUT2D eigenvalue weighted by Crippen LogP contribution is -2.32. The maximum absolute atomic E-state index is 13.9. The summed E-state index contributed by atoms with van der Waals surface area (Å²) in [6, 6.07) is 18.6. The van der Waals surface area contributed by atoms with Gasteiger partial charge in [0.2, 0.25) is 0 Å². The molecule has 0 unspecified atom stereocenters. The Morgan fingerprint density at radius 3 is 2.39 bits per heavy atom.